The normalized spacial score (nSPS) is 12.3. The van der Waals surface area contributed by atoms with Crippen molar-refractivity contribution in [2.24, 2.45) is 0 Å². The average Bonchev–Trinajstić information content (AvgIpc) is 3.16. The molecule has 1 atom stereocenters. The fourth-order valence-electron chi connectivity index (χ4n) is 3.23. The van der Waals surface area contributed by atoms with Crippen molar-refractivity contribution in [2.45, 2.75) is 32.7 Å². The van der Waals surface area contributed by atoms with E-state index < -0.39 is 69.9 Å². The SMILES string of the molecule is CCn1c(C(=O)N(C)C)nn(-c2cc(OC(C)C(F)(F)F)c(C(=O)Nc3c(F)cccc3F)cc2F)c1=O. The zero-order valence-corrected chi connectivity index (χ0v) is 20.4. The number of para-hydroxylation sites is 1. The summed E-state index contributed by atoms with van der Waals surface area (Å²) < 4.78 is 89.2. The number of halogens is 6. The molecule has 204 valence electrons. The number of anilines is 1. The smallest absolute Gasteiger partial charge is 0.425 e. The molecule has 1 unspecified atom stereocenters. The molecule has 0 bridgehead atoms. The van der Waals surface area contributed by atoms with E-state index in [9.17, 15) is 36.3 Å². The van der Waals surface area contributed by atoms with Crippen LogP contribution in [-0.4, -0.2) is 57.4 Å². The molecule has 0 radical (unpaired) electrons. The molecule has 2 amide bonds. The molecule has 15 heteroatoms. The average molecular weight is 545 g/mol. The lowest BCUT2D eigenvalue weighted by atomic mass is 10.1. The Morgan fingerprint density at radius 2 is 1.71 bits per heavy atom. The van der Waals surface area contributed by atoms with E-state index in [4.69, 9.17) is 4.74 Å². The van der Waals surface area contributed by atoms with E-state index in [1.807, 2.05) is 5.32 Å². The van der Waals surface area contributed by atoms with Crippen molar-refractivity contribution in [3.63, 3.8) is 0 Å². The van der Waals surface area contributed by atoms with Crippen LogP contribution in [0.3, 0.4) is 0 Å². The number of ether oxygens (including phenoxy) is 1. The van der Waals surface area contributed by atoms with Crippen LogP contribution in [0, 0.1) is 17.5 Å². The maximum Gasteiger partial charge on any atom is 0.425 e. The van der Waals surface area contributed by atoms with Gasteiger partial charge in [-0.3, -0.25) is 14.2 Å². The molecule has 0 fully saturated rings. The van der Waals surface area contributed by atoms with Crippen LogP contribution in [0.2, 0.25) is 0 Å². The highest BCUT2D eigenvalue weighted by molar-refractivity contribution is 6.06. The molecule has 0 aliphatic rings. The van der Waals surface area contributed by atoms with Crippen LogP contribution in [0.15, 0.2) is 35.1 Å². The molecule has 2 aromatic carbocycles. The number of nitrogens with zero attached hydrogens (tertiary/aromatic N) is 4. The van der Waals surface area contributed by atoms with Gasteiger partial charge >= 0.3 is 11.9 Å². The first-order valence-electron chi connectivity index (χ1n) is 10.9. The Morgan fingerprint density at radius 3 is 2.24 bits per heavy atom. The van der Waals surface area contributed by atoms with E-state index in [0.29, 0.717) is 23.7 Å². The molecule has 0 aliphatic carbocycles. The third-order valence-electron chi connectivity index (χ3n) is 5.26. The second-order valence-corrected chi connectivity index (χ2v) is 8.11. The Kier molecular flexibility index (Phi) is 7.88. The summed E-state index contributed by atoms with van der Waals surface area (Å²) in [5, 5.41) is 5.67. The van der Waals surface area contributed by atoms with Crippen LogP contribution in [-0.2, 0) is 6.54 Å². The van der Waals surface area contributed by atoms with Crippen LogP contribution < -0.4 is 15.7 Å². The van der Waals surface area contributed by atoms with Crippen molar-refractivity contribution in [3.05, 3.63) is 69.7 Å². The lowest BCUT2D eigenvalue weighted by Gasteiger charge is -2.20. The summed E-state index contributed by atoms with van der Waals surface area (Å²) in [4.78, 5) is 39.2. The summed E-state index contributed by atoms with van der Waals surface area (Å²) >= 11 is 0. The summed E-state index contributed by atoms with van der Waals surface area (Å²) in [7, 11) is 2.76. The first-order chi connectivity index (χ1) is 17.7. The summed E-state index contributed by atoms with van der Waals surface area (Å²) in [6.07, 6.45) is -7.44. The zero-order valence-electron chi connectivity index (χ0n) is 20.4. The van der Waals surface area contributed by atoms with Gasteiger partial charge in [-0.25, -0.2) is 18.0 Å². The highest BCUT2D eigenvalue weighted by Crippen LogP contribution is 2.31. The molecule has 1 N–H and O–H groups in total. The van der Waals surface area contributed by atoms with Crippen LogP contribution in [0.1, 0.15) is 34.8 Å². The number of benzene rings is 2. The monoisotopic (exact) mass is 545 g/mol. The molecule has 38 heavy (non-hydrogen) atoms. The predicted octanol–water partition coefficient (Wildman–Crippen LogP) is 3.75. The second-order valence-electron chi connectivity index (χ2n) is 8.11. The molecular formula is C23H21F6N5O4. The maximum atomic E-state index is 15.2. The standard InChI is InChI=1S/C23H21F6N5O4/c1-5-33-19(21(36)32(3)4)31-34(22(33)37)16-10-17(38-11(2)23(27,28)29)12(9-15(16)26)20(35)30-18-13(24)7-6-8-14(18)25/h6-11H,5H2,1-4H3,(H,30,35). The minimum Gasteiger partial charge on any atom is -0.480 e. The number of alkyl halides is 3. The Hall–Kier alpha value is -4.30. The minimum atomic E-state index is -4.92. The molecule has 0 saturated heterocycles. The number of rotatable bonds is 7. The largest absolute Gasteiger partial charge is 0.480 e. The van der Waals surface area contributed by atoms with Gasteiger partial charge in [0.05, 0.1) is 5.56 Å². The number of carbonyl (C=O) groups excluding carboxylic acids is 2. The molecule has 1 heterocycles. The van der Waals surface area contributed by atoms with Gasteiger partial charge in [0, 0.05) is 26.7 Å². The number of hydrogen-bond donors (Lipinski definition) is 1. The molecular weight excluding hydrogens is 524 g/mol. The summed E-state index contributed by atoms with van der Waals surface area (Å²) in [6.45, 7) is 2.05. The van der Waals surface area contributed by atoms with Gasteiger partial charge < -0.3 is 15.0 Å². The van der Waals surface area contributed by atoms with Crippen molar-refractivity contribution in [1.29, 1.82) is 0 Å². The van der Waals surface area contributed by atoms with Crippen molar-refractivity contribution < 1.29 is 40.7 Å². The van der Waals surface area contributed by atoms with Crippen molar-refractivity contribution >= 4 is 17.5 Å². The van der Waals surface area contributed by atoms with Gasteiger partial charge in [0.15, 0.2) is 6.10 Å². The Bertz CT molecular complexity index is 1430. The number of hydrogen-bond acceptors (Lipinski definition) is 5. The van der Waals surface area contributed by atoms with E-state index in [1.165, 1.54) is 21.0 Å². The summed E-state index contributed by atoms with van der Waals surface area (Å²) in [5.41, 5.74) is -3.54. The number of amides is 2. The van der Waals surface area contributed by atoms with Crippen LogP contribution in [0.5, 0.6) is 5.75 Å². The van der Waals surface area contributed by atoms with Crippen LogP contribution in [0.25, 0.3) is 5.69 Å². The number of carbonyl (C=O) groups is 2. The molecule has 1 aromatic heterocycles. The topological polar surface area (TPSA) is 98.5 Å². The highest BCUT2D eigenvalue weighted by atomic mass is 19.4. The number of nitrogens with one attached hydrogen (secondary N) is 1. The minimum absolute atomic E-state index is 0.0570. The fourth-order valence-corrected chi connectivity index (χ4v) is 3.23. The van der Waals surface area contributed by atoms with E-state index in [1.54, 1.807) is 0 Å². The number of aromatic nitrogens is 3. The van der Waals surface area contributed by atoms with Gasteiger partial charge in [0.2, 0.25) is 5.82 Å². The Balaban J connectivity index is 2.19. The summed E-state index contributed by atoms with van der Waals surface area (Å²) in [5.74, 6) is -7.11. The van der Waals surface area contributed by atoms with Crippen LogP contribution >= 0.6 is 0 Å². The van der Waals surface area contributed by atoms with Gasteiger partial charge in [-0.05, 0) is 32.0 Å². The second kappa shape index (κ2) is 10.6. The van der Waals surface area contributed by atoms with Gasteiger partial charge in [-0.15, -0.1) is 5.10 Å². The highest BCUT2D eigenvalue weighted by Gasteiger charge is 2.39. The van der Waals surface area contributed by atoms with Gasteiger partial charge in [-0.1, -0.05) is 6.07 Å². The predicted molar refractivity (Wildman–Crippen MR) is 122 cm³/mol. The fraction of sp³-hybridized carbons (Fsp3) is 0.304. The third-order valence-corrected chi connectivity index (χ3v) is 5.26. The Labute approximate surface area is 211 Å². The molecule has 3 aromatic rings. The lowest BCUT2D eigenvalue weighted by Crippen LogP contribution is -2.32. The van der Waals surface area contributed by atoms with E-state index in [2.05, 4.69) is 5.10 Å². The first-order valence-corrected chi connectivity index (χ1v) is 10.9. The molecule has 0 spiro atoms. The maximum absolute atomic E-state index is 15.2. The van der Waals surface area contributed by atoms with Crippen molar-refractivity contribution in [2.75, 3.05) is 19.4 Å². The zero-order chi connectivity index (χ0) is 28.5. The molecule has 9 nitrogen and oxygen atoms in total. The molecule has 0 saturated carbocycles. The van der Waals surface area contributed by atoms with Crippen LogP contribution in [0.4, 0.5) is 32.0 Å². The summed E-state index contributed by atoms with van der Waals surface area (Å²) in [6, 6.07) is 3.66. The van der Waals surface area contributed by atoms with Gasteiger partial charge in [0.25, 0.3) is 11.8 Å². The van der Waals surface area contributed by atoms with Crippen molar-refractivity contribution in [3.8, 4) is 11.4 Å². The van der Waals surface area contributed by atoms with Gasteiger partial charge in [0.1, 0.15) is 34.6 Å². The molecule has 3 rings (SSSR count). The van der Waals surface area contributed by atoms with E-state index in [0.717, 1.165) is 27.7 Å². The third kappa shape index (κ3) is 5.50. The van der Waals surface area contributed by atoms with E-state index in [-0.39, 0.29) is 12.4 Å². The van der Waals surface area contributed by atoms with E-state index >= 15 is 4.39 Å². The quantitative estimate of drug-likeness (QED) is 0.456. The first kappa shape index (κ1) is 28.3. The van der Waals surface area contributed by atoms with Gasteiger partial charge in [-0.2, -0.15) is 17.9 Å². The lowest BCUT2D eigenvalue weighted by molar-refractivity contribution is -0.189. The van der Waals surface area contributed by atoms with Crippen molar-refractivity contribution in [1.82, 2.24) is 19.2 Å². The Morgan fingerprint density at radius 1 is 1.11 bits per heavy atom. The molecule has 0 aliphatic heterocycles.